The minimum Gasteiger partial charge on any atom is -0.311 e. The van der Waals surface area contributed by atoms with E-state index in [2.05, 4.69) is 150 Å². The number of rotatable bonds is 7. The lowest BCUT2D eigenvalue weighted by Gasteiger charge is -2.37. The molecular formula is C49H49N. The lowest BCUT2D eigenvalue weighted by molar-refractivity contribution is 0.366. The van der Waals surface area contributed by atoms with Gasteiger partial charge in [0.15, 0.2) is 0 Å². The fourth-order valence-electron chi connectivity index (χ4n) is 10.2. The summed E-state index contributed by atoms with van der Waals surface area (Å²) in [6.45, 7) is 0. The fourth-order valence-corrected chi connectivity index (χ4v) is 10.2. The number of nitrogens with zero attached hydrogens (tertiary/aromatic N) is 1. The molecule has 0 heterocycles. The molecule has 3 saturated carbocycles. The number of anilines is 3. The Hall–Kier alpha value is -4.62. The molecule has 0 saturated heterocycles. The monoisotopic (exact) mass is 651 g/mol. The van der Waals surface area contributed by atoms with Crippen LogP contribution in [-0.4, -0.2) is 0 Å². The highest BCUT2D eigenvalue weighted by atomic mass is 15.1. The molecule has 50 heavy (non-hydrogen) atoms. The Morgan fingerprint density at radius 3 is 1.76 bits per heavy atom. The van der Waals surface area contributed by atoms with Crippen LogP contribution in [0.5, 0.6) is 0 Å². The van der Waals surface area contributed by atoms with Crippen molar-refractivity contribution in [2.24, 2.45) is 11.8 Å². The van der Waals surface area contributed by atoms with Crippen molar-refractivity contribution >= 4 is 27.8 Å². The highest BCUT2D eigenvalue weighted by molar-refractivity contribution is 5.97. The van der Waals surface area contributed by atoms with Gasteiger partial charge in [-0.2, -0.15) is 0 Å². The highest BCUT2D eigenvalue weighted by Crippen LogP contribution is 2.53. The summed E-state index contributed by atoms with van der Waals surface area (Å²) < 4.78 is 0. The normalized spacial score (nSPS) is 21.5. The Balaban J connectivity index is 1.09. The summed E-state index contributed by atoms with van der Waals surface area (Å²) in [4.78, 5) is 2.47. The molecule has 0 aliphatic heterocycles. The van der Waals surface area contributed by atoms with Gasteiger partial charge >= 0.3 is 0 Å². The molecule has 0 amide bonds. The van der Waals surface area contributed by atoms with Crippen molar-refractivity contribution in [3.63, 3.8) is 0 Å². The van der Waals surface area contributed by atoms with Crippen molar-refractivity contribution in [3.05, 3.63) is 162 Å². The Kier molecular flexibility index (Phi) is 8.53. The third-order valence-electron chi connectivity index (χ3n) is 12.8. The predicted octanol–water partition coefficient (Wildman–Crippen LogP) is 13.9. The third kappa shape index (κ3) is 5.85. The molecule has 250 valence electrons. The molecule has 6 aromatic rings. The fraction of sp³-hybridized carbons (Fsp3) is 0.306. The molecule has 0 aromatic heterocycles. The Labute approximate surface area is 299 Å². The van der Waals surface area contributed by atoms with Crippen molar-refractivity contribution in [2.75, 3.05) is 4.90 Å². The topological polar surface area (TPSA) is 3.24 Å². The molecule has 1 nitrogen and oxygen atoms in total. The van der Waals surface area contributed by atoms with Gasteiger partial charge < -0.3 is 4.90 Å². The van der Waals surface area contributed by atoms with Crippen LogP contribution in [-0.2, 0) is 5.41 Å². The lowest BCUT2D eigenvalue weighted by Crippen LogP contribution is -2.29. The average molecular weight is 652 g/mol. The van der Waals surface area contributed by atoms with E-state index in [-0.39, 0.29) is 5.41 Å². The number of hydrogen-bond acceptors (Lipinski definition) is 1. The van der Waals surface area contributed by atoms with Crippen LogP contribution in [0.2, 0.25) is 0 Å². The van der Waals surface area contributed by atoms with Gasteiger partial charge in [0.25, 0.3) is 0 Å². The average Bonchev–Trinajstić information content (AvgIpc) is 3.81. The van der Waals surface area contributed by atoms with Crippen LogP contribution in [0.3, 0.4) is 0 Å². The number of hydrogen-bond donors (Lipinski definition) is 0. The molecule has 3 fully saturated rings. The summed E-state index contributed by atoms with van der Waals surface area (Å²) in [7, 11) is 0. The van der Waals surface area contributed by atoms with Crippen molar-refractivity contribution in [1.82, 2.24) is 0 Å². The van der Waals surface area contributed by atoms with Gasteiger partial charge in [-0.25, -0.2) is 0 Å². The predicted molar refractivity (Wildman–Crippen MR) is 212 cm³/mol. The van der Waals surface area contributed by atoms with Gasteiger partial charge in [-0.15, -0.1) is 0 Å². The van der Waals surface area contributed by atoms with Gasteiger partial charge in [0, 0.05) is 22.5 Å². The van der Waals surface area contributed by atoms with Crippen molar-refractivity contribution in [3.8, 4) is 11.1 Å². The summed E-state index contributed by atoms with van der Waals surface area (Å²) in [5.74, 6) is 2.59. The zero-order valence-electron chi connectivity index (χ0n) is 29.3. The van der Waals surface area contributed by atoms with E-state index in [0.717, 1.165) is 17.8 Å². The van der Waals surface area contributed by atoms with Crippen LogP contribution in [0, 0.1) is 11.8 Å². The molecule has 3 unspecified atom stereocenters. The summed E-state index contributed by atoms with van der Waals surface area (Å²) in [5.41, 5.74) is 10.7. The van der Waals surface area contributed by atoms with Gasteiger partial charge in [-0.1, -0.05) is 148 Å². The standard InChI is InChI=1S/C49H49N/c1-2-9-32-49(33-10-3-1,41-14-5-4-6-15-41)42-24-30-45(31-25-42)50(44-28-22-39(23-29-44)48-35-36-18-19-40(48)34-36)43-26-20-38(21-27-43)47-17-11-13-37-12-7-8-16-46(37)47/h4-8,11-17,20-31,36,40,48H,1-3,9-10,18-19,32-35H2. The van der Waals surface area contributed by atoms with Gasteiger partial charge in [0.1, 0.15) is 0 Å². The van der Waals surface area contributed by atoms with Crippen LogP contribution < -0.4 is 4.90 Å². The van der Waals surface area contributed by atoms with E-state index in [1.54, 1.807) is 0 Å². The lowest BCUT2D eigenvalue weighted by atomic mass is 9.67. The molecule has 9 rings (SSSR count). The van der Waals surface area contributed by atoms with Gasteiger partial charge in [0.2, 0.25) is 0 Å². The maximum absolute atomic E-state index is 2.47. The minimum absolute atomic E-state index is 0.0768. The van der Waals surface area contributed by atoms with Crippen LogP contribution in [0.15, 0.2) is 146 Å². The second kappa shape index (κ2) is 13.6. The van der Waals surface area contributed by atoms with Crippen LogP contribution in [0.4, 0.5) is 17.1 Å². The second-order valence-electron chi connectivity index (χ2n) is 15.5. The Bertz CT molecular complexity index is 2030. The molecule has 3 aliphatic carbocycles. The summed E-state index contributed by atoms with van der Waals surface area (Å²) >= 11 is 0. The smallest absolute Gasteiger partial charge is 0.0462 e. The molecule has 2 bridgehead atoms. The molecule has 1 heteroatoms. The van der Waals surface area contributed by atoms with Crippen molar-refractivity contribution in [2.45, 2.75) is 82.0 Å². The van der Waals surface area contributed by atoms with Crippen molar-refractivity contribution < 1.29 is 0 Å². The quantitative estimate of drug-likeness (QED) is 0.166. The largest absolute Gasteiger partial charge is 0.311 e. The SMILES string of the molecule is c1ccc(C2(c3ccc(N(c4ccc(-c5cccc6ccccc56)cc4)c4ccc(C5CC6CCC5C6)cc4)cc3)CCCCCCC2)cc1. The summed E-state index contributed by atoms with van der Waals surface area (Å²) in [6, 6.07) is 55.3. The molecule has 3 atom stereocenters. The van der Waals surface area contributed by atoms with E-state index in [9.17, 15) is 0 Å². The summed E-state index contributed by atoms with van der Waals surface area (Å²) in [5, 5.41) is 2.58. The first-order valence-corrected chi connectivity index (χ1v) is 19.4. The highest BCUT2D eigenvalue weighted by Gasteiger charge is 2.40. The molecule has 3 aliphatic rings. The maximum Gasteiger partial charge on any atom is 0.0462 e. The van der Waals surface area contributed by atoms with E-state index in [1.165, 1.54) is 126 Å². The molecular weight excluding hydrogens is 603 g/mol. The zero-order valence-corrected chi connectivity index (χ0v) is 29.3. The maximum atomic E-state index is 2.47. The van der Waals surface area contributed by atoms with Crippen LogP contribution in [0.1, 0.15) is 93.2 Å². The number of benzene rings is 6. The first-order chi connectivity index (χ1) is 24.7. The van der Waals surface area contributed by atoms with Gasteiger partial charge in [0.05, 0.1) is 0 Å². The third-order valence-corrected chi connectivity index (χ3v) is 12.8. The van der Waals surface area contributed by atoms with Gasteiger partial charge in [-0.05, 0) is 125 Å². The van der Waals surface area contributed by atoms with Crippen molar-refractivity contribution in [1.29, 1.82) is 0 Å². The van der Waals surface area contributed by atoms with Crippen LogP contribution >= 0.6 is 0 Å². The van der Waals surface area contributed by atoms with E-state index in [4.69, 9.17) is 0 Å². The summed E-state index contributed by atoms with van der Waals surface area (Å²) in [6.07, 6.45) is 14.8. The molecule has 6 aromatic carbocycles. The van der Waals surface area contributed by atoms with Gasteiger partial charge in [-0.3, -0.25) is 0 Å². The first-order valence-electron chi connectivity index (χ1n) is 19.4. The molecule has 0 radical (unpaired) electrons. The van der Waals surface area contributed by atoms with Crippen LogP contribution in [0.25, 0.3) is 21.9 Å². The van der Waals surface area contributed by atoms with E-state index >= 15 is 0 Å². The first kappa shape index (κ1) is 31.4. The molecule has 0 spiro atoms. The zero-order chi connectivity index (χ0) is 33.3. The Morgan fingerprint density at radius 1 is 0.480 bits per heavy atom. The second-order valence-corrected chi connectivity index (χ2v) is 15.5. The van der Waals surface area contributed by atoms with E-state index < -0.39 is 0 Å². The number of fused-ring (bicyclic) bond motifs is 3. The Morgan fingerprint density at radius 2 is 1.08 bits per heavy atom. The van der Waals surface area contributed by atoms with E-state index in [0.29, 0.717) is 0 Å². The molecule has 0 N–H and O–H groups in total. The van der Waals surface area contributed by atoms with E-state index in [1.807, 2.05) is 0 Å². The minimum atomic E-state index is 0.0768.